The maximum Gasteiger partial charge on any atom is 0.221 e. The summed E-state index contributed by atoms with van der Waals surface area (Å²) in [4.78, 5) is 18.4. The first-order valence-corrected chi connectivity index (χ1v) is 8.69. The van der Waals surface area contributed by atoms with Gasteiger partial charge in [0.1, 0.15) is 12.7 Å². The summed E-state index contributed by atoms with van der Waals surface area (Å²) < 4.78 is 1.66. The number of nitrogens with one attached hydrogen (secondary N) is 1. The van der Waals surface area contributed by atoms with Gasteiger partial charge in [-0.1, -0.05) is 23.7 Å². The van der Waals surface area contributed by atoms with Crippen molar-refractivity contribution in [2.24, 2.45) is 0 Å². The second-order valence-electron chi connectivity index (χ2n) is 6.03. The van der Waals surface area contributed by atoms with Crippen molar-refractivity contribution in [3.63, 3.8) is 0 Å². The first-order chi connectivity index (χ1) is 11.7. The molecule has 0 aliphatic carbocycles. The van der Waals surface area contributed by atoms with Gasteiger partial charge in [0.25, 0.3) is 0 Å². The van der Waals surface area contributed by atoms with Crippen molar-refractivity contribution in [3.05, 3.63) is 47.5 Å². The number of halogens is 1. The van der Waals surface area contributed by atoms with Crippen molar-refractivity contribution in [1.82, 2.24) is 25.0 Å². The van der Waals surface area contributed by atoms with Crippen LogP contribution >= 0.6 is 11.6 Å². The zero-order valence-corrected chi connectivity index (χ0v) is 14.3. The Labute approximate surface area is 146 Å². The highest BCUT2D eigenvalue weighted by molar-refractivity contribution is 6.30. The zero-order chi connectivity index (χ0) is 16.8. The average Bonchev–Trinajstić information content (AvgIpc) is 3.27. The molecule has 3 rings (SSSR count). The van der Waals surface area contributed by atoms with E-state index in [1.54, 1.807) is 11.0 Å². The van der Waals surface area contributed by atoms with Crippen molar-refractivity contribution in [1.29, 1.82) is 0 Å². The van der Waals surface area contributed by atoms with Gasteiger partial charge in [0.05, 0.1) is 12.6 Å². The van der Waals surface area contributed by atoms with Crippen LogP contribution in [0.25, 0.3) is 0 Å². The number of amides is 1. The predicted octanol–water partition coefficient (Wildman–Crippen LogP) is 2.27. The molecule has 128 valence electrons. The van der Waals surface area contributed by atoms with Gasteiger partial charge in [0, 0.05) is 18.0 Å². The molecule has 1 N–H and O–H groups in total. The van der Waals surface area contributed by atoms with Gasteiger partial charge < -0.3 is 5.32 Å². The number of benzene rings is 1. The minimum absolute atomic E-state index is 0.0247. The molecular weight excluding hydrogens is 326 g/mol. The Morgan fingerprint density at radius 1 is 1.33 bits per heavy atom. The standard InChI is InChI=1S/C17H22ClN5O/c18-15-5-3-4-14(10-15)16(22-7-1-2-8-22)11-20-17(24)6-9-23-13-19-12-21-23/h3-5,10,12-13,16H,1-2,6-9,11H2,(H,20,24). The van der Waals surface area contributed by atoms with E-state index < -0.39 is 0 Å². The minimum Gasteiger partial charge on any atom is -0.354 e. The van der Waals surface area contributed by atoms with Crippen LogP contribution in [0.5, 0.6) is 0 Å². The molecule has 7 heteroatoms. The highest BCUT2D eigenvalue weighted by atomic mass is 35.5. The van der Waals surface area contributed by atoms with Crippen LogP contribution in [0.3, 0.4) is 0 Å². The normalized spacial score (nSPS) is 16.2. The molecule has 24 heavy (non-hydrogen) atoms. The Morgan fingerprint density at radius 2 is 2.17 bits per heavy atom. The molecule has 2 heterocycles. The summed E-state index contributed by atoms with van der Waals surface area (Å²) in [5.41, 5.74) is 1.15. The van der Waals surface area contributed by atoms with E-state index in [2.05, 4.69) is 26.4 Å². The fourth-order valence-electron chi connectivity index (χ4n) is 3.09. The van der Waals surface area contributed by atoms with Gasteiger partial charge in [-0.3, -0.25) is 14.4 Å². The van der Waals surface area contributed by atoms with Crippen LogP contribution in [0.1, 0.15) is 30.9 Å². The van der Waals surface area contributed by atoms with Gasteiger partial charge in [0.15, 0.2) is 0 Å². The predicted molar refractivity (Wildman–Crippen MR) is 92.6 cm³/mol. The second kappa shape index (κ2) is 8.26. The third-order valence-electron chi connectivity index (χ3n) is 4.34. The van der Waals surface area contributed by atoms with Crippen LogP contribution < -0.4 is 5.32 Å². The van der Waals surface area contributed by atoms with Crippen LogP contribution in [0.2, 0.25) is 5.02 Å². The van der Waals surface area contributed by atoms with Gasteiger partial charge in [-0.05, 0) is 43.6 Å². The third-order valence-corrected chi connectivity index (χ3v) is 4.58. The van der Waals surface area contributed by atoms with E-state index in [1.807, 2.05) is 18.2 Å². The summed E-state index contributed by atoms with van der Waals surface area (Å²) in [5, 5.41) is 7.79. The monoisotopic (exact) mass is 347 g/mol. The lowest BCUT2D eigenvalue weighted by Gasteiger charge is -2.28. The Kier molecular flexibility index (Phi) is 5.82. The molecule has 1 aromatic carbocycles. The number of likely N-dealkylation sites (tertiary alicyclic amines) is 1. The van der Waals surface area contributed by atoms with Gasteiger partial charge in [-0.15, -0.1) is 0 Å². The van der Waals surface area contributed by atoms with Crippen molar-refractivity contribution in [2.45, 2.75) is 31.8 Å². The van der Waals surface area contributed by atoms with Crippen LogP contribution in [-0.2, 0) is 11.3 Å². The molecule has 1 aliphatic rings. The summed E-state index contributed by atoms with van der Waals surface area (Å²) in [5.74, 6) is 0.0247. The first-order valence-electron chi connectivity index (χ1n) is 8.31. The Morgan fingerprint density at radius 3 is 2.88 bits per heavy atom. The number of carbonyl (C=O) groups is 1. The molecule has 1 aromatic heterocycles. The smallest absolute Gasteiger partial charge is 0.221 e. The number of rotatable bonds is 7. The van der Waals surface area contributed by atoms with Crippen molar-refractivity contribution in [2.75, 3.05) is 19.6 Å². The molecule has 1 amide bonds. The van der Waals surface area contributed by atoms with Crippen LogP contribution in [0.4, 0.5) is 0 Å². The molecule has 6 nitrogen and oxygen atoms in total. The minimum atomic E-state index is 0.0247. The van der Waals surface area contributed by atoms with E-state index in [-0.39, 0.29) is 11.9 Å². The average molecular weight is 348 g/mol. The second-order valence-corrected chi connectivity index (χ2v) is 6.46. The lowest BCUT2D eigenvalue weighted by molar-refractivity contribution is -0.121. The number of aryl methyl sites for hydroxylation is 1. The molecule has 1 saturated heterocycles. The zero-order valence-electron chi connectivity index (χ0n) is 13.6. The molecule has 1 fully saturated rings. The Hall–Kier alpha value is -1.92. The lowest BCUT2D eigenvalue weighted by atomic mass is 10.1. The number of nitrogens with zero attached hydrogens (tertiary/aromatic N) is 4. The molecule has 1 atom stereocenters. The summed E-state index contributed by atoms with van der Waals surface area (Å²) in [6.45, 7) is 3.26. The SMILES string of the molecule is O=C(CCn1cncn1)NCC(c1cccc(Cl)c1)N1CCCC1. The van der Waals surface area contributed by atoms with Crippen LogP contribution in [0, 0.1) is 0 Å². The molecule has 0 spiro atoms. The quantitative estimate of drug-likeness (QED) is 0.834. The van der Waals surface area contributed by atoms with Crippen LogP contribution in [0.15, 0.2) is 36.9 Å². The summed E-state index contributed by atoms with van der Waals surface area (Å²) in [6, 6.07) is 8.08. The summed E-state index contributed by atoms with van der Waals surface area (Å²) >= 11 is 6.14. The highest BCUT2D eigenvalue weighted by Crippen LogP contribution is 2.26. The fourth-order valence-corrected chi connectivity index (χ4v) is 3.29. The van der Waals surface area contributed by atoms with Gasteiger partial charge in [-0.25, -0.2) is 4.98 Å². The topological polar surface area (TPSA) is 63.1 Å². The molecule has 1 unspecified atom stereocenters. The van der Waals surface area contributed by atoms with E-state index in [0.717, 1.165) is 23.7 Å². The summed E-state index contributed by atoms with van der Waals surface area (Å²) in [7, 11) is 0. The highest BCUT2D eigenvalue weighted by Gasteiger charge is 2.24. The summed E-state index contributed by atoms with van der Waals surface area (Å²) in [6.07, 6.45) is 5.90. The maximum absolute atomic E-state index is 12.1. The van der Waals surface area contributed by atoms with Crippen molar-refractivity contribution in [3.8, 4) is 0 Å². The number of carbonyl (C=O) groups excluding carboxylic acids is 1. The van der Waals surface area contributed by atoms with Gasteiger partial charge >= 0.3 is 0 Å². The van der Waals surface area contributed by atoms with E-state index in [9.17, 15) is 4.79 Å². The van der Waals surface area contributed by atoms with E-state index in [0.29, 0.717) is 19.5 Å². The third kappa shape index (κ3) is 4.55. The lowest BCUT2D eigenvalue weighted by Crippen LogP contribution is -2.37. The fraction of sp³-hybridized carbons (Fsp3) is 0.471. The van der Waals surface area contributed by atoms with Gasteiger partial charge in [-0.2, -0.15) is 5.10 Å². The molecule has 0 saturated carbocycles. The Balaban J connectivity index is 1.58. The number of hydrogen-bond acceptors (Lipinski definition) is 4. The molecule has 0 radical (unpaired) electrons. The number of hydrogen-bond donors (Lipinski definition) is 1. The largest absolute Gasteiger partial charge is 0.354 e. The number of aromatic nitrogens is 3. The van der Waals surface area contributed by atoms with E-state index in [1.165, 1.54) is 19.2 Å². The van der Waals surface area contributed by atoms with Crippen LogP contribution in [-0.4, -0.2) is 45.2 Å². The molecule has 0 bridgehead atoms. The van der Waals surface area contributed by atoms with Crippen molar-refractivity contribution < 1.29 is 4.79 Å². The van der Waals surface area contributed by atoms with E-state index >= 15 is 0 Å². The Bertz CT molecular complexity index is 655. The molecular formula is C17H22ClN5O. The maximum atomic E-state index is 12.1. The molecule has 1 aliphatic heterocycles. The molecule has 2 aromatic rings. The van der Waals surface area contributed by atoms with Crippen molar-refractivity contribution >= 4 is 17.5 Å². The van der Waals surface area contributed by atoms with E-state index in [4.69, 9.17) is 11.6 Å². The van der Waals surface area contributed by atoms with Gasteiger partial charge in [0.2, 0.25) is 5.91 Å². The first kappa shape index (κ1) is 16.9.